The van der Waals surface area contributed by atoms with Crippen molar-refractivity contribution >= 4 is 5.69 Å². The zero-order chi connectivity index (χ0) is 10.1. The predicted molar refractivity (Wildman–Crippen MR) is 61.5 cm³/mol. The van der Waals surface area contributed by atoms with Crippen LogP contribution < -0.4 is 10.1 Å². The van der Waals surface area contributed by atoms with Gasteiger partial charge in [0.2, 0.25) is 0 Å². The fourth-order valence-corrected chi connectivity index (χ4v) is 2.23. The second-order valence-corrected chi connectivity index (χ2v) is 4.60. The molecule has 1 aliphatic carbocycles. The normalized spacial score (nSPS) is 19.2. The minimum atomic E-state index is 0.811. The standard InChI is InChI=1S/C13H17NO/c1-2-10(3-1)9-15-12-5-4-11-6-7-14-13(11)8-12/h4-5,8,10,14H,1-3,6-7,9H2. The fraction of sp³-hybridized carbons (Fsp3) is 0.538. The molecule has 1 heterocycles. The van der Waals surface area contributed by atoms with Gasteiger partial charge >= 0.3 is 0 Å². The van der Waals surface area contributed by atoms with Crippen molar-refractivity contribution in [1.29, 1.82) is 0 Å². The molecule has 2 heteroatoms. The van der Waals surface area contributed by atoms with Crippen LogP contribution in [-0.4, -0.2) is 13.2 Å². The Morgan fingerprint density at radius 1 is 1.33 bits per heavy atom. The van der Waals surface area contributed by atoms with Crippen molar-refractivity contribution in [3.05, 3.63) is 23.8 Å². The molecule has 0 atom stereocenters. The third-order valence-corrected chi connectivity index (χ3v) is 3.50. The van der Waals surface area contributed by atoms with Crippen LogP contribution in [0.3, 0.4) is 0 Å². The second kappa shape index (κ2) is 3.76. The fourth-order valence-electron chi connectivity index (χ4n) is 2.23. The zero-order valence-corrected chi connectivity index (χ0v) is 8.96. The van der Waals surface area contributed by atoms with Crippen molar-refractivity contribution < 1.29 is 4.74 Å². The van der Waals surface area contributed by atoms with Crippen molar-refractivity contribution in [3.8, 4) is 5.75 Å². The van der Waals surface area contributed by atoms with Gasteiger partial charge in [-0.3, -0.25) is 0 Å². The molecule has 1 saturated carbocycles. The number of anilines is 1. The van der Waals surface area contributed by atoms with Crippen LogP contribution in [0.2, 0.25) is 0 Å². The van der Waals surface area contributed by atoms with Crippen LogP contribution in [0.5, 0.6) is 5.75 Å². The highest BCUT2D eigenvalue weighted by molar-refractivity contribution is 5.58. The van der Waals surface area contributed by atoms with Gasteiger partial charge in [0.05, 0.1) is 6.61 Å². The molecule has 1 aromatic carbocycles. The number of hydrogen-bond donors (Lipinski definition) is 1. The summed E-state index contributed by atoms with van der Waals surface area (Å²) in [5.74, 6) is 1.83. The summed E-state index contributed by atoms with van der Waals surface area (Å²) in [6.45, 7) is 1.97. The van der Waals surface area contributed by atoms with E-state index in [9.17, 15) is 0 Å². The Bertz CT molecular complexity index is 358. The number of benzene rings is 1. The molecule has 15 heavy (non-hydrogen) atoms. The second-order valence-electron chi connectivity index (χ2n) is 4.60. The first-order chi connectivity index (χ1) is 7.42. The molecule has 0 spiro atoms. The number of nitrogens with one attached hydrogen (secondary N) is 1. The molecule has 0 saturated heterocycles. The Morgan fingerprint density at radius 3 is 3.07 bits per heavy atom. The van der Waals surface area contributed by atoms with E-state index in [4.69, 9.17) is 4.74 Å². The lowest BCUT2D eigenvalue weighted by atomic mass is 9.86. The molecule has 2 nitrogen and oxygen atoms in total. The van der Waals surface area contributed by atoms with Crippen molar-refractivity contribution in [2.24, 2.45) is 5.92 Å². The van der Waals surface area contributed by atoms with Gasteiger partial charge in [0, 0.05) is 18.3 Å². The van der Waals surface area contributed by atoms with E-state index in [1.807, 2.05) is 0 Å². The maximum Gasteiger partial charge on any atom is 0.121 e. The summed E-state index contributed by atoms with van der Waals surface area (Å²) in [5.41, 5.74) is 2.69. The Kier molecular flexibility index (Phi) is 2.28. The molecule has 0 amide bonds. The number of hydrogen-bond acceptors (Lipinski definition) is 2. The van der Waals surface area contributed by atoms with Crippen LogP contribution in [0.4, 0.5) is 5.69 Å². The summed E-state index contributed by atoms with van der Waals surface area (Å²) in [6.07, 6.45) is 5.24. The molecular weight excluding hydrogens is 186 g/mol. The van der Waals surface area contributed by atoms with Gasteiger partial charge in [0.1, 0.15) is 5.75 Å². The van der Waals surface area contributed by atoms with Gasteiger partial charge in [-0.25, -0.2) is 0 Å². The first-order valence-electron chi connectivity index (χ1n) is 5.91. The van der Waals surface area contributed by atoms with Crippen LogP contribution in [0.15, 0.2) is 18.2 Å². The van der Waals surface area contributed by atoms with Crippen LogP contribution in [-0.2, 0) is 6.42 Å². The minimum Gasteiger partial charge on any atom is -0.493 e. The van der Waals surface area contributed by atoms with Gasteiger partial charge in [-0.05, 0) is 36.8 Å². The lowest BCUT2D eigenvalue weighted by Crippen LogP contribution is -2.19. The summed E-state index contributed by atoms with van der Waals surface area (Å²) in [5, 5.41) is 3.38. The Balaban J connectivity index is 1.64. The van der Waals surface area contributed by atoms with Gasteiger partial charge in [-0.2, -0.15) is 0 Å². The first kappa shape index (κ1) is 9.08. The van der Waals surface area contributed by atoms with Crippen LogP contribution in [0.1, 0.15) is 24.8 Å². The third kappa shape index (κ3) is 1.81. The average Bonchev–Trinajstić information content (AvgIpc) is 2.62. The van der Waals surface area contributed by atoms with Gasteiger partial charge in [-0.1, -0.05) is 12.5 Å². The van der Waals surface area contributed by atoms with Crippen molar-refractivity contribution in [1.82, 2.24) is 0 Å². The van der Waals surface area contributed by atoms with Crippen molar-refractivity contribution in [3.63, 3.8) is 0 Å². The average molecular weight is 203 g/mol. The van der Waals surface area contributed by atoms with Gasteiger partial charge in [-0.15, -0.1) is 0 Å². The molecule has 2 aliphatic rings. The first-order valence-corrected chi connectivity index (χ1v) is 5.91. The van der Waals surface area contributed by atoms with E-state index < -0.39 is 0 Å². The van der Waals surface area contributed by atoms with E-state index >= 15 is 0 Å². The Labute approximate surface area is 90.6 Å². The van der Waals surface area contributed by atoms with E-state index in [1.54, 1.807) is 0 Å². The molecule has 1 aromatic rings. The van der Waals surface area contributed by atoms with Crippen molar-refractivity contribution in [2.45, 2.75) is 25.7 Å². The number of rotatable bonds is 3. The molecular formula is C13H17NO. The van der Waals surface area contributed by atoms with Crippen molar-refractivity contribution in [2.75, 3.05) is 18.5 Å². The highest BCUT2D eigenvalue weighted by Crippen LogP contribution is 2.30. The van der Waals surface area contributed by atoms with Gasteiger partial charge < -0.3 is 10.1 Å². The predicted octanol–water partition coefficient (Wildman–Crippen LogP) is 2.83. The van der Waals surface area contributed by atoms with Crippen LogP contribution >= 0.6 is 0 Å². The maximum atomic E-state index is 5.80. The number of fused-ring (bicyclic) bond motifs is 1. The van der Waals surface area contributed by atoms with Crippen LogP contribution in [0, 0.1) is 5.92 Å². The lowest BCUT2D eigenvalue weighted by Gasteiger charge is -2.25. The summed E-state index contributed by atoms with van der Waals surface area (Å²) in [4.78, 5) is 0. The molecule has 1 aliphatic heterocycles. The van der Waals surface area contributed by atoms with E-state index in [1.165, 1.54) is 30.5 Å². The van der Waals surface area contributed by atoms with Crippen LogP contribution in [0.25, 0.3) is 0 Å². The Morgan fingerprint density at radius 2 is 2.27 bits per heavy atom. The summed E-state index contributed by atoms with van der Waals surface area (Å²) < 4.78 is 5.80. The highest BCUT2D eigenvalue weighted by Gasteiger charge is 2.18. The molecule has 1 fully saturated rings. The quantitative estimate of drug-likeness (QED) is 0.815. The molecule has 0 bridgehead atoms. The van der Waals surface area contributed by atoms with E-state index in [2.05, 4.69) is 23.5 Å². The largest absolute Gasteiger partial charge is 0.493 e. The monoisotopic (exact) mass is 203 g/mol. The Hall–Kier alpha value is -1.18. The summed E-state index contributed by atoms with van der Waals surface area (Å²) in [6, 6.07) is 6.43. The molecule has 0 unspecified atom stereocenters. The summed E-state index contributed by atoms with van der Waals surface area (Å²) in [7, 11) is 0. The molecule has 3 rings (SSSR count). The molecule has 0 radical (unpaired) electrons. The smallest absolute Gasteiger partial charge is 0.121 e. The van der Waals surface area contributed by atoms with E-state index in [0.717, 1.165) is 31.2 Å². The molecule has 80 valence electrons. The van der Waals surface area contributed by atoms with Gasteiger partial charge in [0.25, 0.3) is 0 Å². The molecule has 0 aromatic heterocycles. The maximum absolute atomic E-state index is 5.80. The highest BCUT2D eigenvalue weighted by atomic mass is 16.5. The molecule has 1 N–H and O–H groups in total. The minimum absolute atomic E-state index is 0.811. The zero-order valence-electron chi connectivity index (χ0n) is 8.96. The van der Waals surface area contributed by atoms with Gasteiger partial charge in [0.15, 0.2) is 0 Å². The third-order valence-electron chi connectivity index (χ3n) is 3.50. The van der Waals surface area contributed by atoms with E-state index in [-0.39, 0.29) is 0 Å². The number of ether oxygens (including phenoxy) is 1. The topological polar surface area (TPSA) is 21.3 Å². The summed E-state index contributed by atoms with van der Waals surface area (Å²) >= 11 is 0. The SMILES string of the molecule is c1cc2c(cc1OCC1CCC1)NCC2. The lowest BCUT2D eigenvalue weighted by molar-refractivity contribution is 0.180. The van der Waals surface area contributed by atoms with E-state index in [0.29, 0.717) is 0 Å².